The van der Waals surface area contributed by atoms with Gasteiger partial charge in [0.2, 0.25) is 5.91 Å². The van der Waals surface area contributed by atoms with Crippen LogP contribution in [0.15, 0.2) is 28.6 Å². The predicted octanol–water partition coefficient (Wildman–Crippen LogP) is 4.12. The molecular weight excluding hydrogens is 346 g/mol. The lowest BCUT2D eigenvalue weighted by Gasteiger charge is -2.10. The van der Waals surface area contributed by atoms with Crippen LogP contribution in [0.1, 0.15) is 31.2 Å². The number of amides is 1. The molecule has 0 unspecified atom stereocenters. The van der Waals surface area contributed by atoms with E-state index in [-0.39, 0.29) is 5.91 Å². The van der Waals surface area contributed by atoms with Crippen molar-refractivity contribution in [2.75, 3.05) is 5.75 Å². The maximum absolute atomic E-state index is 12.0. The number of thioether (sulfide) groups is 1. The number of para-hydroxylation sites is 1. The first kappa shape index (κ1) is 16.7. The van der Waals surface area contributed by atoms with Gasteiger partial charge in [-0.1, -0.05) is 54.1 Å². The van der Waals surface area contributed by atoms with Crippen molar-refractivity contribution >= 4 is 41.2 Å². The van der Waals surface area contributed by atoms with Gasteiger partial charge in [-0.05, 0) is 43.6 Å². The number of nitrogens with zero attached hydrogens (tertiary/aromatic N) is 2. The smallest absolute Gasteiger partial charge is 0.230 e. The summed E-state index contributed by atoms with van der Waals surface area (Å²) >= 11 is 8.32. The van der Waals surface area contributed by atoms with Crippen LogP contribution in [0.25, 0.3) is 5.69 Å². The summed E-state index contributed by atoms with van der Waals surface area (Å²) in [5.41, 5.74) is 2.13. The second-order valence-corrected chi connectivity index (χ2v) is 8.51. The fourth-order valence-corrected chi connectivity index (χ4v) is 4.90. The molecule has 23 heavy (non-hydrogen) atoms. The van der Waals surface area contributed by atoms with E-state index in [9.17, 15) is 4.79 Å². The third-order valence-corrected chi connectivity index (χ3v) is 6.29. The molecule has 3 rings (SSSR count). The Morgan fingerprint density at radius 3 is 2.91 bits per heavy atom. The number of carbonyl (C=O) groups is 1. The molecule has 1 saturated carbocycles. The first-order valence-corrected chi connectivity index (χ1v) is 9.93. The highest BCUT2D eigenvalue weighted by Gasteiger charge is 2.17. The summed E-state index contributed by atoms with van der Waals surface area (Å²) in [5, 5.41) is 7.65. The maximum atomic E-state index is 12.0. The topological polar surface area (TPSA) is 46.9 Å². The fraction of sp³-hybridized carbons (Fsp3) is 0.438. The average Bonchev–Trinajstić information content (AvgIpc) is 3.15. The Morgan fingerprint density at radius 1 is 1.43 bits per heavy atom. The molecule has 4 nitrogen and oxygen atoms in total. The Labute approximate surface area is 149 Å². The van der Waals surface area contributed by atoms with Gasteiger partial charge in [0.05, 0.1) is 11.4 Å². The molecule has 1 fully saturated rings. The van der Waals surface area contributed by atoms with Crippen molar-refractivity contribution in [2.24, 2.45) is 0 Å². The predicted molar refractivity (Wildman–Crippen MR) is 98.1 cm³/mol. The van der Waals surface area contributed by atoms with Crippen molar-refractivity contribution in [1.29, 1.82) is 0 Å². The number of benzene rings is 1. The number of nitrogens with one attached hydrogen (secondary N) is 1. The summed E-state index contributed by atoms with van der Waals surface area (Å²) < 4.78 is 3.32. The van der Waals surface area contributed by atoms with E-state index in [1.165, 1.54) is 35.9 Å². The Kier molecular flexibility index (Phi) is 5.50. The van der Waals surface area contributed by atoms with Crippen LogP contribution >= 0.6 is 35.3 Å². The molecule has 2 aromatic rings. The summed E-state index contributed by atoms with van der Waals surface area (Å²) in [6.07, 6.45) is 4.66. The summed E-state index contributed by atoms with van der Waals surface area (Å²) in [7, 11) is 0. The molecule has 1 amide bonds. The number of carbonyl (C=O) groups excluding carboxylic acids is 1. The van der Waals surface area contributed by atoms with E-state index in [2.05, 4.69) is 10.4 Å². The molecule has 1 aromatic heterocycles. The Morgan fingerprint density at radius 2 is 2.17 bits per heavy atom. The van der Waals surface area contributed by atoms with Crippen LogP contribution < -0.4 is 5.32 Å². The summed E-state index contributed by atoms with van der Waals surface area (Å²) in [6, 6.07) is 8.39. The number of rotatable bonds is 5. The number of aromatic nitrogens is 2. The molecule has 122 valence electrons. The van der Waals surface area contributed by atoms with Crippen molar-refractivity contribution in [3.05, 3.63) is 33.8 Å². The molecule has 0 saturated heterocycles. The van der Waals surface area contributed by atoms with E-state index in [1.807, 2.05) is 31.2 Å². The maximum Gasteiger partial charge on any atom is 0.230 e. The number of hydrogen-bond donors (Lipinski definition) is 1. The van der Waals surface area contributed by atoms with Gasteiger partial charge in [0, 0.05) is 6.04 Å². The minimum atomic E-state index is 0.0884. The summed E-state index contributed by atoms with van der Waals surface area (Å²) in [4.78, 5) is 12.0. The first-order chi connectivity index (χ1) is 11.1. The summed E-state index contributed by atoms with van der Waals surface area (Å²) in [5.74, 6) is 0.484. The largest absolute Gasteiger partial charge is 0.353 e. The molecule has 0 bridgehead atoms. The molecule has 0 radical (unpaired) electrons. The quantitative estimate of drug-likeness (QED) is 0.639. The molecule has 0 atom stereocenters. The van der Waals surface area contributed by atoms with Crippen LogP contribution in [-0.4, -0.2) is 27.5 Å². The highest BCUT2D eigenvalue weighted by Crippen LogP contribution is 2.25. The van der Waals surface area contributed by atoms with Gasteiger partial charge in [-0.25, -0.2) is 4.68 Å². The second-order valence-electron chi connectivity index (χ2n) is 5.67. The van der Waals surface area contributed by atoms with Crippen LogP contribution in [0, 0.1) is 10.9 Å². The van der Waals surface area contributed by atoms with Crippen LogP contribution in [-0.2, 0) is 4.79 Å². The van der Waals surface area contributed by atoms with E-state index in [1.54, 1.807) is 4.68 Å². The zero-order chi connectivity index (χ0) is 16.2. The van der Waals surface area contributed by atoms with Gasteiger partial charge in [0.1, 0.15) is 0 Å². The van der Waals surface area contributed by atoms with Gasteiger partial charge in [-0.3, -0.25) is 4.79 Å². The number of aryl methyl sites for hydroxylation is 1. The lowest BCUT2D eigenvalue weighted by Crippen LogP contribution is -2.33. The third kappa shape index (κ3) is 4.22. The molecule has 1 heterocycles. The van der Waals surface area contributed by atoms with Crippen molar-refractivity contribution in [2.45, 2.75) is 43.0 Å². The monoisotopic (exact) mass is 365 g/mol. The highest BCUT2D eigenvalue weighted by atomic mass is 32.2. The molecule has 1 N–H and O–H groups in total. The van der Waals surface area contributed by atoms with E-state index < -0.39 is 0 Å². The van der Waals surface area contributed by atoms with E-state index in [4.69, 9.17) is 12.2 Å². The van der Waals surface area contributed by atoms with Crippen molar-refractivity contribution in [3.8, 4) is 5.69 Å². The third-order valence-electron chi connectivity index (χ3n) is 3.92. The molecule has 0 spiro atoms. The SMILES string of the molecule is Cc1ccccc1-n1nc(SCC(=O)NC2CCCC2)sc1=S. The molecule has 1 aromatic carbocycles. The summed E-state index contributed by atoms with van der Waals surface area (Å²) in [6.45, 7) is 2.04. The number of hydrogen-bond acceptors (Lipinski definition) is 5. The molecule has 1 aliphatic carbocycles. The van der Waals surface area contributed by atoms with E-state index >= 15 is 0 Å². The minimum Gasteiger partial charge on any atom is -0.353 e. The van der Waals surface area contributed by atoms with Crippen LogP contribution in [0.3, 0.4) is 0 Å². The Balaban J connectivity index is 1.63. The first-order valence-electron chi connectivity index (χ1n) is 7.72. The molecule has 0 aliphatic heterocycles. The van der Waals surface area contributed by atoms with Gasteiger partial charge in [0.15, 0.2) is 8.29 Å². The van der Waals surface area contributed by atoms with E-state index in [0.717, 1.165) is 28.4 Å². The van der Waals surface area contributed by atoms with E-state index in [0.29, 0.717) is 15.7 Å². The molecule has 1 aliphatic rings. The van der Waals surface area contributed by atoms with Gasteiger partial charge in [-0.15, -0.1) is 5.10 Å². The second kappa shape index (κ2) is 7.59. The minimum absolute atomic E-state index is 0.0884. The molecule has 7 heteroatoms. The highest BCUT2D eigenvalue weighted by molar-refractivity contribution is 8.01. The van der Waals surface area contributed by atoms with Crippen LogP contribution in [0.4, 0.5) is 0 Å². The van der Waals surface area contributed by atoms with Gasteiger partial charge < -0.3 is 5.32 Å². The zero-order valence-electron chi connectivity index (χ0n) is 12.9. The van der Waals surface area contributed by atoms with Crippen LogP contribution in [0.5, 0.6) is 0 Å². The average molecular weight is 366 g/mol. The standard InChI is InChI=1S/C16H19N3OS3/c1-11-6-2-5-9-13(11)19-16(21)23-15(18-19)22-10-14(20)17-12-7-3-4-8-12/h2,5-6,9,12H,3-4,7-8,10H2,1H3,(H,17,20). The lowest BCUT2D eigenvalue weighted by atomic mass is 10.2. The normalized spacial score (nSPS) is 15.0. The van der Waals surface area contributed by atoms with Gasteiger partial charge in [0.25, 0.3) is 0 Å². The Hall–Kier alpha value is -1.18. The zero-order valence-corrected chi connectivity index (χ0v) is 15.4. The molecular formula is C16H19N3OS3. The van der Waals surface area contributed by atoms with Crippen LogP contribution in [0.2, 0.25) is 0 Å². The fourth-order valence-electron chi connectivity index (χ4n) is 2.74. The van der Waals surface area contributed by atoms with Gasteiger partial charge in [-0.2, -0.15) is 0 Å². The Bertz CT molecular complexity index is 747. The van der Waals surface area contributed by atoms with Crippen molar-refractivity contribution in [1.82, 2.24) is 15.1 Å². The lowest BCUT2D eigenvalue weighted by molar-refractivity contribution is -0.119. The van der Waals surface area contributed by atoms with Crippen molar-refractivity contribution < 1.29 is 4.79 Å². The van der Waals surface area contributed by atoms with Gasteiger partial charge >= 0.3 is 0 Å². The van der Waals surface area contributed by atoms with Crippen molar-refractivity contribution in [3.63, 3.8) is 0 Å².